The van der Waals surface area contributed by atoms with Gasteiger partial charge in [-0.3, -0.25) is 4.90 Å². The molecule has 1 aromatic carbocycles. The molecule has 0 spiro atoms. The van der Waals surface area contributed by atoms with Crippen LogP contribution in [0.25, 0.3) is 11.4 Å². The van der Waals surface area contributed by atoms with Crippen LogP contribution < -0.4 is 0 Å². The van der Waals surface area contributed by atoms with E-state index in [-0.39, 0.29) is 30.5 Å². The number of halogens is 2. The smallest absolute Gasteiger partial charge is 0.266 e. The summed E-state index contributed by atoms with van der Waals surface area (Å²) in [7, 11) is 0. The molecule has 4 rings (SSSR count). The molecule has 25 heavy (non-hydrogen) atoms. The minimum atomic E-state index is -1.70. The molecule has 1 atom stereocenters. The van der Waals surface area contributed by atoms with Crippen molar-refractivity contribution in [3.63, 3.8) is 0 Å². The average Bonchev–Trinajstić information content (AvgIpc) is 3.30. The lowest BCUT2D eigenvalue weighted by atomic mass is 10.1. The lowest BCUT2D eigenvalue weighted by Crippen LogP contribution is -2.27. The molecule has 1 saturated heterocycles. The van der Waals surface area contributed by atoms with E-state index in [4.69, 9.17) is 9.05 Å². The Kier molecular flexibility index (Phi) is 3.84. The first-order valence-corrected chi connectivity index (χ1v) is 7.95. The molecule has 1 unspecified atom stereocenters. The van der Waals surface area contributed by atoms with Crippen molar-refractivity contribution in [2.75, 3.05) is 13.1 Å². The van der Waals surface area contributed by atoms with E-state index in [1.165, 1.54) is 24.3 Å². The van der Waals surface area contributed by atoms with Crippen molar-refractivity contribution in [3.05, 3.63) is 53.5 Å². The van der Waals surface area contributed by atoms with Gasteiger partial charge < -0.3 is 9.05 Å². The number of likely N-dealkylation sites (tertiary alicyclic amines) is 1. The molecule has 130 valence electrons. The van der Waals surface area contributed by atoms with E-state index in [1.807, 2.05) is 17.9 Å². The van der Waals surface area contributed by atoms with Crippen molar-refractivity contribution in [3.8, 4) is 11.4 Å². The third-order valence-corrected chi connectivity index (χ3v) is 4.27. The van der Waals surface area contributed by atoms with Crippen LogP contribution >= 0.6 is 0 Å². The molecule has 8 heteroatoms. The van der Waals surface area contributed by atoms with Crippen LogP contribution in [-0.4, -0.2) is 33.3 Å². The van der Waals surface area contributed by atoms with Crippen LogP contribution in [0.4, 0.5) is 8.78 Å². The largest absolute Gasteiger partial charge is 0.361 e. The lowest BCUT2D eigenvalue weighted by Gasteiger charge is -2.16. The second-order valence-corrected chi connectivity index (χ2v) is 6.28. The highest BCUT2D eigenvalue weighted by molar-refractivity contribution is 5.53. The van der Waals surface area contributed by atoms with Crippen molar-refractivity contribution < 1.29 is 17.8 Å². The average molecular weight is 346 g/mol. The number of rotatable bonds is 4. The van der Waals surface area contributed by atoms with E-state index < -0.39 is 5.67 Å². The predicted molar refractivity (Wildman–Crippen MR) is 83.6 cm³/mol. The van der Waals surface area contributed by atoms with E-state index in [0.717, 1.165) is 11.5 Å². The zero-order valence-electron chi connectivity index (χ0n) is 13.6. The highest BCUT2D eigenvalue weighted by Gasteiger charge is 2.45. The number of hydrogen-bond acceptors (Lipinski definition) is 6. The van der Waals surface area contributed by atoms with Crippen LogP contribution in [0.3, 0.4) is 0 Å². The summed E-state index contributed by atoms with van der Waals surface area (Å²) >= 11 is 0. The first-order valence-electron chi connectivity index (χ1n) is 7.95. The number of benzene rings is 1. The molecule has 1 fully saturated rings. The van der Waals surface area contributed by atoms with Gasteiger partial charge in [0, 0.05) is 37.7 Å². The van der Waals surface area contributed by atoms with E-state index >= 15 is 4.39 Å². The zero-order valence-corrected chi connectivity index (χ0v) is 13.6. The first kappa shape index (κ1) is 15.9. The maximum atomic E-state index is 15.3. The van der Waals surface area contributed by atoms with Crippen molar-refractivity contribution in [1.82, 2.24) is 20.2 Å². The Morgan fingerprint density at radius 1 is 1.20 bits per heavy atom. The number of alkyl halides is 1. The van der Waals surface area contributed by atoms with Gasteiger partial charge in [-0.2, -0.15) is 4.98 Å². The van der Waals surface area contributed by atoms with Crippen LogP contribution in [0.1, 0.15) is 23.8 Å². The SMILES string of the molecule is Cc1cc(CN2CCC(F)(c3nc(-c4ccc(F)cc4)no3)C2)no1. The normalized spacial score (nSPS) is 21.1. The predicted octanol–water partition coefficient (Wildman–Crippen LogP) is 3.24. The number of hydrogen-bond donors (Lipinski definition) is 0. The Bertz CT molecular complexity index is 877. The molecule has 1 aliphatic heterocycles. The Labute approximate surface area is 142 Å². The maximum absolute atomic E-state index is 15.3. The summed E-state index contributed by atoms with van der Waals surface area (Å²) in [5.41, 5.74) is -0.364. The van der Waals surface area contributed by atoms with Crippen molar-refractivity contribution in [2.45, 2.75) is 25.6 Å². The fraction of sp³-hybridized carbons (Fsp3) is 0.353. The maximum Gasteiger partial charge on any atom is 0.266 e. The Morgan fingerprint density at radius 3 is 2.72 bits per heavy atom. The van der Waals surface area contributed by atoms with Crippen molar-refractivity contribution >= 4 is 0 Å². The number of nitrogens with zero attached hydrogens (tertiary/aromatic N) is 4. The minimum Gasteiger partial charge on any atom is -0.361 e. The summed E-state index contributed by atoms with van der Waals surface area (Å²) in [6.07, 6.45) is 0.259. The molecule has 3 heterocycles. The molecule has 0 saturated carbocycles. The molecular formula is C17H16F2N4O2. The van der Waals surface area contributed by atoms with E-state index in [1.54, 1.807) is 0 Å². The highest BCUT2D eigenvalue weighted by atomic mass is 19.1. The fourth-order valence-corrected chi connectivity index (χ4v) is 3.00. The summed E-state index contributed by atoms with van der Waals surface area (Å²) in [5.74, 6) is 0.564. The van der Waals surface area contributed by atoms with Gasteiger partial charge in [-0.15, -0.1) is 0 Å². The van der Waals surface area contributed by atoms with Gasteiger partial charge in [0.1, 0.15) is 11.6 Å². The Balaban J connectivity index is 1.49. The van der Waals surface area contributed by atoms with Gasteiger partial charge in [0.2, 0.25) is 11.5 Å². The lowest BCUT2D eigenvalue weighted by molar-refractivity contribution is 0.115. The molecule has 0 amide bonds. The molecular weight excluding hydrogens is 330 g/mol. The minimum absolute atomic E-state index is 0.0503. The van der Waals surface area contributed by atoms with Crippen molar-refractivity contribution in [1.29, 1.82) is 0 Å². The summed E-state index contributed by atoms with van der Waals surface area (Å²) in [6.45, 7) is 3.01. The summed E-state index contributed by atoms with van der Waals surface area (Å²) in [4.78, 5) is 6.10. The molecule has 0 bridgehead atoms. The molecule has 1 aliphatic rings. The Morgan fingerprint density at radius 2 is 2.00 bits per heavy atom. The standard InChI is InChI=1S/C17H16F2N4O2/c1-11-8-14(21-24-11)9-23-7-6-17(19,10-23)16-20-15(22-25-16)12-2-4-13(18)5-3-12/h2-5,8H,6-7,9-10H2,1H3. The molecule has 3 aromatic rings. The van der Waals surface area contributed by atoms with Crippen molar-refractivity contribution in [2.24, 2.45) is 0 Å². The number of aryl methyl sites for hydroxylation is 1. The molecule has 6 nitrogen and oxygen atoms in total. The van der Waals surface area contributed by atoms with Crippen LogP contribution in [0.15, 0.2) is 39.4 Å². The summed E-state index contributed by atoms with van der Waals surface area (Å²) in [6, 6.07) is 7.49. The van der Waals surface area contributed by atoms with Gasteiger partial charge >= 0.3 is 0 Å². The monoisotopic (exact) mass is 346 g/mol. The van der Waals surface area contributed by atoms with Gasteiger partial charge in [-0.05, 0) is 31.2 Å². The summed E-state index contributed by atoms with van der Waals surface area (Å²) < 4.78 is 38.4. The molecule has 2 aromatic heterocycles. The second-order valence-electron chi connectivity index (χ2n) is 6.28. The van der Waals surface area contributed by atoms with Gasteiger partial charge in [-0.25, -0.2) is 8.78 Å². The molecule has 0 radical (unpaired) electrons. The van der Waals surface area contributed by atoms with Crippen LogP contribution in [0, 0.1) is 12.7 Å². The van der Waals surface area contributed by atoms with Gasteiger partial charge in [-0.1, -0.05) is 10.3 Å². The van der Waals surface area contributed by atoms with E-state index in [2.05, 4.69) is 15.3 Å². The van der Waals surface area contributed by atoms with E-state index in [0.29, 0.717) is 18.7 Å². The topological polar surface area (TPSA) is 68.2 Å². The third kappa shape index (κ3) is 3.17. The van der Waals surface area contributed by atoms with Gasteiger partial charge in [0.25, 0.3) is 5.89 Å². The summed E-state index contributed by atoms with van der Waals surface area (Å²) in [5, 5.41) is 7.75. The zero-order chi connectivity index (χ0) is 17.4. The van der Waals surface area contributed by atoms with Crippen LogP contribution in [0.2, 0.25) is 0 Å². The highest BCUT2D eigenvalue weighted by Crippen LogP contribution is 2.36. The molecule has 0 N–H and O–H groups in total. The molecule has 0 aliphatic carbocycles. The quantitative estimate of drug-likeness (QED) is 0.722. The fourth-order valence-electron chi connectivity index (χ4n) is 3.00. The van der Waals surface area contributed by atoms with E-state index in [9.17, 15) is 4.39 Å². The van der Waals surface area contributed by atoms with Crippen LogP contribution in [-0.2, 0) is 12.2 Å². The van der Waals surface area contributed by atoms with Gasteiger partial charge in [0.15, 0.2) is 0 Å². The third-order valence-electron chi connectivity index (χ3n) is 4.27. The second kappa shape index (κ2) is 6.03. The van der Waals surface area contributed by atoms with Crippen LogP contribution in [0.5, 0.6) is 0 Å². The first-order chi connectivity index (χ1) is 12.0. The van der Waals surface area contributed by atoms with Gasteiger partial charge in [0.05, 0.1) is 5.69 Å². The Hall–Kier alpha value is -2.61. The number of aromatic nitrogens is 3.